The van der Waals surface area contributed by atoms with Crippen LogP contribution in [-0.4, -0.2) is 31.6 Å². The second-order valence-electron chi connectivity index (χ2n) is 4.32. The minimum Gasteiger partial charge on any atom is -0.497 e. The van der Waals surface area contributed by atoms with Crippen LogP contribution in [0.25, 0.3) is 0 Å². The van der Waals surface area contributed by atoms with E-state index < -0.39 is 12.1 Å². The summed E-state index contributed by atoms with van der Waals surface area (Å²) in [7, 11) is 1.56. The van der Waals surface area contributed by atoms with Crippen molar-refractivity contribution >= 4 is 17.6 Å². The van der Waals surface area contributed by atoms with E-state index in [-0.39, 0.29) is 5.91 Å². The Kier molecular flexibility index (Phi) is 4.22. The van der Waals surface area contributed by atoms with Crippen LogP contribution in [0.4, 0.5) is 10.5 Å². The maximum absolute atomic E-state index is 11.8. The van der Waals surface area contributed by atoms with Crippen LogP contribution in [-0.2, 0) is 4.79 Å². The molecule has 0 aliphatic carbocycles. The maximum atomic E-state index is 11.8. The lowest BCUT2D eigenvalue weighted by molar-refractivity contribution is -0.124. The topological polar surface area (TPSA) is 79.5 Å². The average Bonchev–Trinajstić information content (AvgIpc) is 2.41. The number of rotatable bonds is 3. The number of carbonyl (C=O) groups is 2. The Hall–Kier alpha value is -2.24. The number of carbonyl (C=O) groups excluding carboxylic acids is 2. The predicted molar refractivity (Wildman–Crippen MR) is 71.2 cm³/mol. The number of amides is 3. The third-order valence-electron chi connectivity index (χ3n) is 2.92. The third-order valence-corrected chi connectivity index (χ3v) is 2.92. The number of hydrogen-bond donors (Lipinski definition) is 3. The molecule has 1 fully saturated rings. The van der Waals surface area contributed by atoms with Crippen LogP contribution in [0, 0.1) is 0 Å². The lowest BCUT2D eigenvalue weighted by Gasteiger charge is -2.22. The average molecular weight is 263 g/mol. The highest BCUT2D eigenvalue weighted by atomic mass is 16.5. The molecule has 0 saturated carbocycles. The van der Waals surface area contributed by atoms with Gasteiger partial charge in [-0.3, -0.25) is 4.79 Å². The highest BCUT2D eigenvalue weighted by molar-refractivity contribution is 5.94. The minimum absolute atomic E-state index is 0.132. The van der Waals surface area contributed by atoms with E-state index >= 15 is 0 Å². The molecule has 2 rings (SSSR count). The van der Waals surface area contributed by atoms with Crippen molar-refractivity contribution in [2.75, 3.05) is 19.0 Å². The van der Waals surface area contributed by atoms with E-state index in [2.05, 4.69) is 16.0 Å². The quantitative estimate of drug-likeness (QED) is 0.764. The van der Waals surface area contributed by atoms with Crippen molar-refractivity contribution in [3.05, 3.63) is 24.3 Å². The fourth-order valence-corrected chi connectivity index (χ4v) is 1.94. The number of benzene rings is 1. The molecule has 1 aromatic carbocycles. The molecule has 1 aliphatic heterocycles. The van der Waals surface area contributed by atoms with Crippen molar-refractivity contribution in [3.8, 4) is 5.75 Å². The summed E-state index contributed by atoms with van der Waals surface area (Å²) in [4.78, 5) is 23.3. The van der Waals surface area contributed by atoms with Gasteiger partial charge in [0.15, 0.2) is 0 Å². The third kappa shape index (κ3) is 3.61. The fraction of sp³-hybridized carbons (Fsp3) is 0.385. The molecule has 0 unspecified atom stereocenters. The smallest absolute Gasteiger partial charge is 0.319 e. The van der Waals surface area contributed by atoms with E-state index in [9.17, 15) is 9.59 Å². The van der Waals surface area contributed by atoms with E-state index in [1.54, 1.807) is 31.4 Å². The molecule has 6 heteroatoms. The van der Waals surface area contributed by atoms with Gasteiger partial charge in [-0.15, -0.1) is 0 Å². The molecule has 1 heterocycles. The second kappa shape index (κ2) is 6.08. The molecular formula is C13H17N3O3. The van der Waals surface area contributed by atoms with Gasteiger partial charge in [0.1, 0.15) is 11.8 Å². The number of nitrogens with one attached hydrogen (secondary N) is 3. The second-order valence-corrected chi connectivity index (χ2v) is 4.32. The van der Waals surface area contributed by atoms with Crippen molar-refractivity contribution in [2.45, 2.75) is 18.9 Å². The number of urea groups is 1. The number of methoxy groups -OCH3 is 1. The van der Waals surface area contributed by atoms with Crippen molar-refractivity contribution in [1.82, 2.24) is 10.6 Å². The molecule has 1 aromatic rings. The van der Waals surface area contributed by atoms with Gasteiger partial charge in [-0.25, -0.2) is 4.79 Å². The van der Waals surface area contributed by atoms with Crippen LogP contribution in [0.1, 0.15) is 12.8 Å². The Morgan fingerprint density at radius 2 is 2.32 bits per heavy atom. The Morgan fingerprint density at radius 3 is 3.05 bits per heavy atom. The molecule has 3 amide bonds. The van der Waals surface area contributed by atoms with Gasteiger partial charge < -0.3 is 20.7 Å². The molecule has 1 atom stereocenters. The Morgan fingerprint density at radius 1 is 1.47 bits per heavy atom. The van der Waals surface area contributed by atoms with Gasteiger partial charge in [-0.1, -0.05) is 6.07 Å². The molecule has 102 valence electrons. The van der Waals surface area contributed by atoms with Crippen LogP contribution in [0.2, 0.25) is 0 Å². The molecule has 6 nitrogen and oxygen atoms in total. The molecule has 0 spiro atoms. The van der Waals surface area contributed by atoms with Crippen molar-refractivity contribution in [2.24, 2.45) is 0 Å². The Bertz CT molecular complexity index is 476. The van der Waals surface area contributed by atoms with E-state index in [1.807, 2.05) is 0 Å². The summed E-state index contributed by atoms with van der Waals surface area (Å²) in [5, 5.41) is 8.04. The zero-order valence-electron chi connectivity index (χ0n) is 10.7. The molecule has 1 saturated heterocycles. The zero-order valence-corrected chi connectivity index (χ0v) is 10.7. The number of piperidine rings is 1. The van der Waals surface area contributed by atoms with Crippen LogP contribution in [0.15, 0.2) is 24.3 Å². The normalized spacial score (nSPS) is 18.4. The highest BCUT2D eigenvalue weighted by Crippen LogP contribution is 2.16. The summed E-state index contributed by atoms with van der Waals surface area (Å²) < 4.78 is 5.07. The molecule has 0 aromatic heterocycles. The highest BCUT2D eigenvalue weighted by Gasteiger charge is 2.23. The summed E-state index contributed by atoms with van der Waals surface area (Å²) >= 11 is 0. The Balaban J connectivity index is 1.91. The summed E-state index contributed by atoms with van der Waals surface area (Å²) in [6.45, 7) is 0.675. The van der Waals surface area contributed by atoms with E-state index in [0.29, 0.717) is 24.4 Å². The van der Waals surface area contributed by atoms with Crippen molar-refractivity contribution in [1.29, 1.82) is 0 Å². The first kappa shape index (κ1) is 13.2. The maximum Gasteiger partial charge on any atom is 0.319 e. The standard InChI is InChI=1S/C13H17N3O3/c1-19-10-5-2-4-9(8-10)15-13(18)16-11-6-3-7-14-12(11)17/h2,4-5,8,11H,3,6-7H2,1H3,(H,14,17)(H2,15,16,18)/t11-/m1/s1. The van der Waals surface area contributed by atoms with Crippen LogP contribution in [0.3, 0.4) is 0 Å². The molecule has 1 aliphatic rings. The molecule has 0 radical (unpaired) electrons. The molecule has 19 heavy (non-hydrogen) atoms. The number of hydrogen-bond acceptors (Lipinski definition) is 3. The lowest BCUT2D eigenvalue weighted by atomic mass is 10.1. The van der Waals surface area contributed by atoms with Crippen molar-refractivity contribution < 1.29 is 14.3 Å². The van der Waals surface area contributed by atoms with Crippen molar-refractivity contribution in [3.63, 3.8) is 0 Å². The lowest BCUT2D eigenvalue weighted by Crippen LogP contribution is -2.51. The molecule has 3 N–H and O–H groups in total. The van der Waals surface area contributed by atoms with E-state index in [4.69, 9.17) is 4.74 Å². The van der Waals surface area contributed by atoms with Gasteiger partial charge in [-0.05, 0) is 25.0 Å². The number of anilines is 1. The predicted octanol–water partition coefficient (Wildman–Crippen LogP) is 1.10. The van der Waals surface area contributed by atoms with E-state index in [1.165, 1.54) is 0 Å². The van der Waals surface area contributed by atoms with Crippen LogP contribution < -0.4 is 20.7 Å². The van der Waals surface area contributed by atoms with E-state index in [0.717, 1.165) is 6.42 Å². The van der Waals surface area contributed by atoms with Gasteiger partial charge in [0.05, 0.1) is 7.11 Å². The zero-order chi connectivity index (χ0) is 13.7. The molecular weight excluding hydrogens is 246 g/mol. The van der Waals surface area contributed by atoms with Gasteiger partial charge in [0.2, 0.25) is 5.91 Å². The largest absolute Gasteiger partial charge is 0.497 e. The first-order valence-corrected chi connectivity index (χ1v) is 6.18. The summed E-state index contributed by atoms with van der Waals surface area (Å²) in [6.07, 6.45) is 1.53. The van der Waals surface area contributed by atoms with Crippen LogP contribution in [0.5, 0.6) is 5.75 Å². The Labute approximate surface area is 111 Å². The first-order chi connectivity index (χ1) is 9.19. The summed E-state index contributed by atoms with van der Waals surface area (Å²) in [5.41, 5.74) is 0.619. The summed E-state index contributed by atoms with van der Waals surface area (Å²) in [5.74, 6) is 0.528. The number of ether oxygens (including phenoxy) is 1. The molecule has 0 bridgehead atoms. The van der Waals surface area contributed by atoms with Gasteiger partial charge >= 0.3 is 6.03 Å². The SMILES string of the molecule is COc1cccc(NC(=O)N[C@@H]2CCCNC2=O)c1. The first-order valence-electron chi connectivity index (χ1n) is 6.18. The monoisotopic (exact) mass is 263 g/mol. The van der Waals surface area contributed by atoms with Gasteiger partial charge in [0, 0.05) is 18.3 Å². The summed E-state index contributed by atoms with van der Waals surface area (Å²) in [6, 6.07) is 6.18. The van der Waals surface area contributed by atoms with Crippen LogP contribution >= 0.6 is 0 Å². The minimum atomic E-state index is -0.459. The fourth-order valence-electron chi connectivity index (χ4n) is 1.94. The van der Waals surface area contributed by atoms with Gasteiger partial charge in [0.25, 0.3) is 0 Å². The van der Waals surface area contributed by atoms with Gasteiger partial charge in [-0.2, -0.15) is 0 Å².